The van der Waals surface area contributed by atoms with Crippen molar-refractivity contribution in [3.05, 3.63) is 0 Å². The molecule has 1 N–H and O–H groups in total. The highest BCUT2D eigenvalue weighted by Crippen LogP contribution is 2.13. The molecule has 0 aromatic heterocycles. The van der Waals surface area contributed by atoms with Gasteiger partial charge in [0.25, 0.3) is 0 Å². The van der Waals surface area contributed by atoms with Gasteiger partial charge in [-0.1, -0.05) is 0 Å². The Morgan fingerprint density at radius 2 is 1.94 bits per heavy atom. The zero-order chi connectivity index (χ0) is 12.6. The van der Waals surface area contributed by atoms with Crippen molar-refractivity contribution < 1.29 is 23.6 Å². The van der Waals surface area contributed by atoms with Crippen LogP contribution < -0.4 is 0 Å². The minimum Gasteiger partial charge on any atom is -0.480 e. The second-order valence-electron chi connectivity index (χ2n) is 3.82. The molecule has 0 saturated carbocycles. The van der Waals surface area contributed by atoms with E-state index in [4.69, 9.17) is 14.6 Å². The van der Waals surface area contributed by atoms with Gasteiger partial charge in [0.2, 0.25) is 0 Å². The largest absolute Gasteiger partial charge is 0.480 e. The van der Waals surface area contributed by atoms with Crippen LogP contribution in [0.15, 0.2) is 0 Å². The van der Waals surface area contributed by atoms with Crippen LogP contribution >= 0.6 is 0 Å². The van der Waals surface area contributed by atoms with Crippen LogP contribution in [-0.4, -0.2) is 52.7 Å². The van der Waals surface area contributed by atoms with Gasteiger partial charge in [0.05, 0.1) is 6.61 Å². The monoisotopic (exact) mass is 252 g/mol. The lowest BCUT2D eigenvalue weighted by molar-refractivity contribution is -0.139. The predicted molar refractivity (Wildman–Crippen MR) is 62.0 cm³/mol. The van der Waals surface area contributed by atoms with Crippen molar-refractivity contribution in [2.45, 2.75) is 25.0 Å². The molecule has 0 amide bonds. The fourth-order valence-electron chi connectivity index (χ4n) is 0.895. The Labute approximate surface area is 98.6 Å². The summed E-state index contributed by atoms with van der Waals surface area (Å²) in [6.07, 6.45) is 0.783. The Hall–Kier alpha value is -0.460. The minimum absolute atomic E-state index is 0.242. The first-order valence-corrected chi connectivity index (χ1v) is 6.43. The van der Waals surface area contributed by atoms with Crippen LogP contribution in [0.5, 0.6) is 0 Å². The molecule has 0 heterocycles. The maximum absolute atomic E-state index is 11.6. The summed E-state index contributed by atoms with van der Waals surface area (Å²) in [5, 5.41) is 8.83. The number of carbonyl (C=O) groups is 1. The summed E-state index contributed by atoms with van der Waals surface area (Å²) in [5.74, 6) is -0.808. The number of rotatable bonds is 9. The molecule has 0 spiro atoms. The van der Waals surface area contributed by atoms with Crippen molar-refractivity contribution in [2.75, 3.05) is 32.7 Å². The zero-order valence-electron chi connectivity index (χ0n) is 10.0. The lowest BCUT2D eigenvalue weighted by Gasteiger charge is -2.18. The van der Waals surface area contributed by atoms with E-state index >= 15 is 0 Å². The number of aliphatic carboxylic acids is 1. The average molecular weight is 252 g/mol. The van der Waals surface area contributed by atoms with Gasteiger partial charge in [-0.2, -0.15) is 0 Å². The highest BCUT2D eigenvalue weighted by molar-refractivity contribution is 7.87. The lowest BCUT2D eigenvalue weighted by Crippen LogP contribution is -2.38. The molecule has 0 radical (unpaired) electrons. The van der Waals surface area contributed by atoms with Crippen LogP contribution in [0.25, 0.3) is 0 Å². The molecule has 0 rings (SSSR count). The van der Waals surface area contributed by atoms with Crippen molar-refractivity contribution in [3.63, 3.8) is 0 Å². The van der Waals surface area contributed by atoms with E-state index in [0.717, 1.165) is 6.42 Å². The summed E-state index contributed by atoms with van der Waals surface area (Å²) < 4.78 is 20.5. The van der Waals surface area contributed by atoms with Gasteiger partial charge in [0, 0.05) is 36.9 Å². The van der Waals surface area contributed by atoms with Gasteiger partial charge in [-0.15, -0.1) is 0 Å². The maximum Gasteiger partial charge on any atom is 0.321 e. The third kappa shape index (κ3) is 5.58. The number of ether oxygens (including phenoxy) is 2. The first-order valence-electron chi connectivity index (χ1n) is 5.11. The highest BCUT2D eigenvalue weighted by Gasteiger charge is 2.33. The SMILES string of the molecule is COCCCOCCS(=O)C(C)(C)C(=O)O. The van der Waals surface area contributed by atoms with Gasteiger partial charge in [-0.25, -0.2) is 0 Å². The summed E-state index contributed by atoms with van der Waals surface area (Å²) in [6.45, 7) is 4.39. The van der Waals surface area contributed by atoms with E-state index in [2.05, 4.69) is 0 Å². The number of hydrogen-bond donors (Lipinski definition) is 1. The molecule has 0 aliphatic heterocycles. The second kappa shape index (κ2) is 7.76. The van der Waals surface area contributed by atoms with Crippen molar-refractivity contribution in [3.8, 4) is 0 Å². The van der Waals surface area contributed by atoms with Crippen molar-refractivity contribution in [1.82, 2.24) is 0 Å². The van der Waals surface area contributed by atoms with Crippen molar-refractivity contribution in [1.29, 1.82) is 0 Å². The predicted octanol–water partition coefficient (Wildman–Crippen LogP) is 0.651. The van der Waals surface area contributed by atoms with Gasteiger partial charge in [-0.05, 0) is 20.3 Å². The molecule has 0 aliphatic rings. The molecule has 0 fully saturated rings. The highest BCUT2D eigenvalue weighted by atomic mass is 32.2. The maximum atomic E-state index is 11.6. The van der Waals surface area contributed by atoms with E-state index in [1.165, 1.54) is 13.8 Å². The number of hydrogen-bond acceptors (Lipinski definition) is 4. The molecule has 5 nitrogen and oxygen atoms in total. The third-order valence-corrected chi connectivity index (χ3v) is 3.98. The van der Waals surface area contributed by atoms with E-state index in [1.807, 2.05) is 0 Å². The molecule has 1 atom stereocenters. The van der Waals surface area contributed by atoms with E-state index in [-0.39, 0.29) is 5.75 Å². The number of carboxylic acids is 1. The average Bonchev–Trinajstić information content (AvgIpc) is 2.22. The van der Waals surface area contributed by atoms with Crippen molar-refractivity contribution in [2.24, 2.45) is 0 Å². The van der Waals surface area contributed by atoms with Gasteiger partial charge in [0.1, 0.15) is 4.75 Å². The third-order valence-electron chi connectivity index (χ3n) is 2.13. The Bertz CT molecular complexity index is 239. The lowest BCUT2D eigenvalue weighted by atomic mass is 10.2. The standard InChI is InChI=1S/C10H20O5S/c1-10(2,9(11)12)16(13)8-7-15-6-4-5-14-3/h4-8H2,1-3H3,(H,11,12). The number of methoxy groups -OCH3 is 1. The molecule has 0 bridgehead atoms. The molecule has 0 aromatic rings. The van der Waals surface area contributed by atoms with Gasteiger partial charge in [-0.3, -0.25) is 9.00 Å². The van der Waals surface area contributed by atoms with Crippen LogP contribution in [0.3, 0.4) is 0 Å². The normalized spacial score (nSPS) is 13.7. The van der Waals surface area contributed by atoms with Crippen LogP contribution in [0.2, 0.25) is 0 Å². The molecule has 1 unspecified atom stereocenters. The first-order chi connectivity index (χ1) is 7.42. The summed E-state index contributed by atoms with van der Waals surface area (Å²) in [7, 11) is 0.192. The molecule has 16 heavy (non-hydrogen) atoms. The fraction of sp³-hybridized carbons (Fsp3) is 0.900. The van der Waals surface area contributed by atoms with E-state index in [1.54, 1.807) is 7.11 Å². The zero-order valence-corrected chi connectivity index (χ0v) is 10.8. The molecule has 0 aliphatic carbocycles. The summed E-state index contributed by atoms with van der Waals surface area (Å²) in [6, 6.07) is 0. The molecule has 6 heteroatoms. The second-order valence-corrected chi connectivity index (χ2v) is 5.94. The van der Waals surface area contributed by atoms with Crippen LogP contribution in [0, 0.1) is 0 Å². The van der Waals surface area contributed by atoms with Gasteiger partial charge < -0.3 is 14.6 Å². The smallest absolute Gasteiger partial charge is 0.321 e. The van der Waals surface area contributed by atoms with Crippen LogP contribution in [0.1, 0.15) is 20.3 Å². The summed E-state index contributed by atoms with van der Waals surface area (Å²) in [4.78, 5) is 10.8. The van der Waals surface area contributed by atoms with E-state index in [0.29, 0.717) is 19.8 Å². The molecule has 0 saturated heterocycles. The summed E-state index contributed by atoms with van der Waals surface area (Å²) >= 11 is 0. The van der Waals surface area contributed by atoms with Crippen molar-refractivity contribution >= 4 is 16.8 Å². The van der Waals surface area contributed by atoms with Crippen LogP contribution in [-0.2, 0) is 25.1 Å². The summed E-state index contributed by atoms with van der Waals surface area (Å²) in [5.41, 5.74) is 0. The van der Waals surface area contributed by atoms with E-state index in [9.17, 15) is 9.00 Å². The topological polar surface area (TPSA) is 72.8 Å². The Morgan fingerprint density at radius 1 is 1.31 bits per heavy atom. The minimum atomic E-state index is -1.42. The number of carboxylic acid groups (broad SMARTS) is 1. The Morgan fingerprint density at radius 3 is 2.44 bits per heavy atom. The van der Waals surface area contributed by atoms with Gasteiger partial charge >= 0.3 is 5.97 Å². The molecule has 96 valence electrons. The van der Waals surface area contributed by atoms with Gasteiger partial charge in [0.15, 0.2) is 0 Å². The fourth-order valence-corrected chi connectivity index (χ4v) is 1.87. The molecular formula is C10H20O5S. The van der Waals surface area contributed by atoms with Crippen LogP contribution in [0.4, 0.5) is 0 Å². The molecular weight excluding hydrogens is 232 g/mol. The Balaban J connectivity index is 3.70. The Kier molecular flexibility index (Phi) is 7.53. The quantitative estimate of drug-likeness (QED) is 0.610. The van der Waals surface area contributed by atoms with E-state index < -0.39 is 21.5 Å². The first kappa shape index (κ1) is 15.5. The molecule has 0 aromatic carbocycles.